The maximum absolute atomic E-state index is 12.9. The molecule has 3 N–H and O–H groups in total. The summed E-state index contributed by atoms with van der Waals surface area (Å²) in [4.78, 5) is 15.7. The molecule has 2 atom stereocenters. The second-order valence-corrected chi connectivity index (χ2v) is 7.07. The van der Waals surface area contributed by atoms with Crippen LogP contribution in [0.3, 0.4) is 0 Å². The van der Waals surface area contributed by atoms with E-state index in [1.165, 1.54) is 6.07 Å². The Hall–Kier alpha value is -2.03. The number of nitrogens with two attached hydrogens (primary N) is 1. The van der Waals surface area contributed by atoms with Gasteiger partial charge in [0.2, 0.25) is 15.9 Å². The van der Waals surface area contributed by atoms with Gasteiger partial charge < -0.3 is 10.8 Å². The normalized spacial score (nSPS) is 23.0. The quantitative estimate of drug-likeness (QED) is 0.816. The molecule has 3 rings (SSSR count). The Morgan fingerprint density at radius 3 is 2.82 bits per heavy atom. The van der Waals surface area contributed by atoms with Gasteiger partial charge in [0.05, 0.1) is 16.5 Å². The second-order valence-electron chi connectivity index (χ2n) is 5.21. The van der Waals surface area contributed by atoms with Crippen LogP contribution in [0.25, 0.3) is 10.9 Å². The van der Waals surface area contributed by atoms with Gasteiger partial charge in [0.1, 0.15) is 6.04 Å². The van der Waals surface area contributed by atoms with Crippen molar-refractivity contribution in [3.63, 3.8) is 0 Å². The molecule has 0 saturated carbocycles. The summed E-state index contributed by atoms with van der Waals surface area (Å²) in [5.74, 6) is -0.765. The van der Waals surface area contributed by atoms with Crippen molar-refractivity contribution in [2.45, 2.75) is 23.5 Å². The first-order valence-electron chi connectivity index (χ1n) is 6.74. The number of aliphatic hydroxyl groups excluding tert-OH is 1. The van der Waals surface area contributed by atoms with Crippen LogP contribution in [0.4, 0.5) is 0 Å². The number of hydrogen-bond acceptors (Lipinski definition) is 5. The smallest absolute Gasteiger partial charge is 0.244 e. The number of carbonyl (C=O) groups is 1. The number of aliphatic hydroxyl groups is 1. The Labute approximate surface area is 127 Å². The Morgan fingerprint density at radius 1 is 1.32 bits per heavy atom. The molecule has 1 aromatic heterocycles. The van der Waals surface area contributed by atoms with E-state index in [4.69, 9.17) is 5.73 Å². The summed E-state index contributed by atoms with van der Waals surface area (Å²) in [6.45, 7) is -0.146. The Bertz CT molecular complexity index is 832. The molecule has 22 heavy (non-hydrogen) atoms. The van der Waals surface area contributed by atoms with Crippen LogP contribution in [0.2, 0.25) is 0 Å². The van der Waals surface area contributed by atoms with Gasteiger partial charge in [0, 0.05) is 24.5 Å². The molecule has 0 aliphatic carbocycles. The number of pyridine rings is 1. The molecule has 7 nitrogen and oxygen atoms in total. The molecule has 0 bridgehead atoms. The number of hydrogen-bond donors (Lipinski definition) is 2. The first-order valence-corrected chi connectivity index (χ1v) is 8.18. The maximum Gasteiger partial charge on any atom is 0.244 e. The number of rotatable bonds is 3. The second kappa shape index (κ2) is 5.31. The lowest BCUT2D eigenvalue weighted by Gasteiger charge is -2.22. The van der Waals surface area contributed by atoms with Gasteiger partial charge in [0.25, 0.3) is 0 Å². The highest BCUT2D eigenvalue weighted by Gasteiger charge is 2.43. The molecule has 2 aromatic rings. The number of fused-ring (bicyclic) bond motifs is 1. The zero-order chi connectivity index (χ0) is 15.9. The van der Waals surface area contributed by atoms with E-state index in [0.717, 1.165) is 4.31 Å². The highest BCUT2D eigenvalue weighted by Crippen LogP contribution is 2.30. The van der Waals surface area contributed by atoms with Crippen LogP contribution in [0.15, 0.2) is 41.4 Å². The van der Waals surface area contributed by atoms with Crippen molar-refractivity contribution in [2.24, 2.45) is 5.73 Å². The maximum atomic E-state index is 12.9. The molecule has 0 unspecified atom stereocenters. The molecular formula is C14H15N3O4S. The van der Waals surface area contributed by atoms with Crippen molar-refractivity contribution in [1.29, 1.82) is 0 Å². The topological polar surface area (TPSA) is 114 Å². The molecule has 1 amide bonds. The van der Waals surface area contributed by atoms with Crippen LogP contribution < -0.4 is 5.73 Å². The predicted molar refractivity (Wildman–Crippen MR) is 79.2 cm³/mol. The molecule has 0 spiro atoms. The Morgan fingerprint density at radius 2 is 2.09 bits per heavy atom. The number of sulfonamides is 1. The first-order chi connectivity index (χ1) is 10.4. The molecular weight excluding hydrogens is 306 g/mol. The third-order valence-electron chi connectivity index (χ3n) is 3.75. The fourth-order valence-electron chi connectivity index (χ4n) is 2.73. The third-order valence-corrected chi connectivity index (χ3v) is 5.69. The highest BCUT2D eigenvalue weighted by molar-refractivity contribution is 7.89. The zero-order valence-electron chi connectivity index (χ0n) is 11.6. The van der Waals surface area contributed by atoms with Crippen LogP contribution in [0, 0.1) is 0 Å². The lowest BCUT2D eigenvalue weighted by molar-refractivity contribution is -0.121. The molecule has 2 heterocycles. The number of benzene rings is 1. The van der Waals surface area contributed by atoms with E-state index in [0.29, 0.717) is 10.9 Å². The molecule has 8 heteroatoms. The van der Waals surface area contributed by atoms with E-state index < -0.39 is 28.1 Å². The van der Waals surface area contributed by atoms with Gasteiger partial charge in [-0.05, 0) is 24.3 Å². The number of primary amides is 1. The average Bonchev–Trinajstić information content (AvgIpc) is 2.90. The lowest BCUT2D eigenvalue weighted by Crippen LogP contribution is -2.43. The van der Waals surface area contributed by atoms with E-state index in [1.807, 2.05) is 0 Å². The number of amides is 1. The minimum Gasteiger partial charge on any atom is -0.392 e. The molecule has 1 aliphatic rings. The van der Waals surface area contributed by atoms with E-state index >= 15 is 0 Å². The van der Waals surface area contributed by atoms with Crippen LogP contribution in [0.5, 0.6) is 0 Å². The Balaban J connectivity index is 2.14. The van der Waals surface area contributed by atoms with E-state index in [1.54, 1.807) is 30.5 Å². The van der Waals surface area contributed by atoms with Gasteiger partial charge in [0.15, 0.2) is 0 Å². The highest BCUT2D eigenvalue weighted by atomic mass is 32.2. The van der Waals surface area contributed by atoms with Crippen molar-refractivity contribution >= 4 is 26.8 Å². The fourth-order valence-corrected chi connectivity index (χ4v) is 4.58. The van der Waals surface area contributed by atoms with E-state index in [2.05, 4.69) is 4.98 Å². The summed E-state index contributed by atoms with van der Waals surface area (Å²) >= 11 is 0. The van der Waals surface area contributed by atoms with Gasteiger partial charge in [-0.3, -0.25) is 9.78 Å². The van der Waals surface area contributed by atoms with Crippen molar-refractivity contribution in [1.82, 2.24) is 9.29 Å². The number of carbonyl (C=O) groups excluding carboxylic acids is 1. The third kappa shape index (κ3) is 2.35. The van der Waals surface area contributed by atoms with Gasteiger partial charge in [-0.25, -0.2) is 8.42 Å². The first kappa shape index (κ1) is 14.9. The molecule has 0 radical (unpaired) electrons. The van der Waals surface area contributed by atoms with Crippen molar-refractivity contribution in [3.05, 3.63) is 36.5 Å². The number of nitrogens with zero attached hydrogens (tertiary/aromatic N) is 2. The summed E-state index contributed by atoms with van der Waals surface area (Å²) < 4.78 is 26.8. The molecule has 1 aromatic carbocycles. The monoisotopic (exact) mass is 321 g/mol. The predicted octanol–water partition coefficient (Wildman–Crippen LogP) is -0.156. The molecule has 1 fully saturated rings. The number of aromatic nitrogens is 1. The van der Waals surface area contributed by atoms with Gasteiger partial charge in [-0.1, -0.05) is 6.07 Å². The largest absolute Gasteiger partial charge is 0.392 e. The van der Waals surface area contributed by atoms with Crippen LogP contribution in [-0.4, -0.2) is 47.4 Å². The van der Waals surface area contributed by atoms with Gasteiger partial charge in [-0.15, -0.1) is 0 Å². The molecule has 1 aliphatic heterocycles. The molecule has 116 valence electrons. The van der Waals surface area contributed by atoms with Crippen molar-refractivity contribution in [2.75, 3.05) is 6.54 Å². The van der Waals surface area contributed by atoms with E-state index in [9.17, 15) is 18.3 Å². The standard InChI is InChI=1S/C14H15N3O4S/c15-14(19)12-7-9(18)8-17(12)22(20,21)13-5-1-4-11-10(13)3-2-6-16-11/h1-6,9,12,18H,7-8H2,(H2,15,19)/t9-,12-/m0/s1. The van der Waals surface area contributed by atoms with Crippen molar-refractivity contribution < 1.29 is 18.3 Å². The SMILES string of the molecule is NC(=O)[C@@H]1C[C@H](O)CN1S(=O)(=O)c1cccc2ncccc12. The van der Waals surface area contributed by atoms with Crippen LogP contribution in [0.1, 0.15) is 6.42 Å². The fraction of sp³-hybridized carbons (Fsp3) is 0.286. The summed E-state index contributed by atoms with van der Waals surface area (Å²) in [5.41, 5.74) is 5.81. The zero-order valence-corrected chi connectivity index (χ0v) is 12.4. The van der Waals surface area contributed by atoms with Crippen molar-refractivity contribution in [3.8, 4) is 0 Å². The minimum absolute atomic E-state index is 0.0115. The summed E-state index contributed by atoms with van der Waals surface area (Å²) in [6.07, 6.45) is 0.683. The minimum atomic E-state index is -3.96. The van der Waals surface area contributed by atoms with Crippen LogP contribution >= 0.6 is 0 Å². The van der Waals surface area contributed by atoms with Crippen LogP contribution in [-0.2, 0) is 14.8 Å². The molecule has 1 saturated heterocycles. The van der Waals surface area contributed by atoms with Gasteiger partial charge >= 0.3 is 0 Å². The summed E-state index contributed by atoms with van der Waals surface area (Å²) in [7, 11) is -3.96. The number of β-amino-alcohol motifs (C(OH)–C–C–N with tert-alkyl or cyclic N) is 1. The lowest BCUT2D eigenvalue weighted by atomic mass is 10.2. The summed E-state index contributed by atoms with van der Waals surface area (Å²) in [6, 6.07) is 7.02. The van der Waals surface area contributed by atoms with E-state index in [-0.39, 0.29) is 17.9 Å². The Kier molecular flexibility index (Phi) is 3.59. The summed E-state index contributed by atoms with van der Waals surface area (Å²) in [5, 5.41) is 10.2. The average molecular weight is 321 g/mol. The van der Waals surface area contributed by atoms with Gasteiger partial charge in [-0.2, -0.15) is 4.31 Å².